The number of aromatic amines is 1. The number of hydrogen-bond donors (Lipinski definition) is 2. The van der Waals surface area contributed by atoms with Crippen LogP contribution in [0.25, 0.3) is 0 Å². The third-order valence-electron chi connectivity index (χ3n) is 2.26. The molecule has 2 heterocycles. The van der Waals surface area contributed by atoms with Crippen LogP contribution in [-0.4, -0.2) is 20.1 Å². The summed E-state index contributed by atoms with van der Waals surface area (Å²) in [5.41, 5.74) is -1.32. The van der Waals surface area contributed by atoms with Crippen LogP contribution in [0.4, 0.5) is 13.2 Å². The van der Waals surface area contributed by atoms with E-state index in [0.29, 0.717) is 0 Å². The Morgan fingerprint density at radius 1 is 1.32 bits per heavy atom. The van der Waals surface area contributed by atoms with Crippen LogP contribution in [0.1, 0.15) is 17.1 Å². The fourth-order valence-electron chi connectivity index (χ4n) is 1.51. The van der Waals surface area contributed by atoms with Gasteiger partial charge in [-0.25, -0.2) is 0 Å². The number of H-pyrrole nitrogens is 1. The number of pyridine rings is 1. The fourth-order valence-corrected chi connectivity index (χ4v) is 1.51. The zero-order chi connectivity index (χ0) is 14.0. The number of rotatable bonds is 2. The molecule has 0 aliphatic heterocycles. The van der Waals surface area contributed by atoms with Crippen LogP contribution in [0.5, 0.6) is 5.88 Å². The Morgan fingerprint density at radius 2 is 2.05 bits per heavy atom. The zero-order valence-corrected chi connectivity index (χ0v) is 9.40. The smallest absolute Gasteiger partial charge is 0.433 e. The molecule has 0 amide bonds. The van der Waals surface area contributed by atoms with Gasteiger partial charge in [-0.2, -0.15) is 18.2 Å². The second-order valence-corrected chi connectivity index (χ2v) is 3.77. The zero-order valence-electron chi connectivity index (χ0n) is 9.40. The lowest BCUT2D eigenvalue weighted by Gasteiger charge is -2.07. The second-order valence-electron chi connectivity index (χ2n) is 3.77. The Labute approximate surface area is 104 Å². The average molecular weight is 271 g/mol. The Hall–Kier alpha value is -2.38. The van der Waals surface area contributed by atoms with E-state index in [2.05, 4.69) is 15.0 Å². The first-order valence-electron chi connectivity index (χ1n) is 5.16. The number of aromatic hydroxyl groups is 1. The highest BCUT2D eigenvalue weighted by Crippen LogP contribution is 2.27. The lowest BCUT2D eigenvalue weighted by atomic mass is 10.1. The van der Waals surface area contributed by atoms with Gasteiger partial charge in [0.15, 0.2) is 0 Å². The number of nitrogens with zero attached hydrogens (tertiary/aromatic N) is 2. The maximum atomic E-state index is 12.5. The molecule has 100 valence electrons. The van der Waals surface area contributed by atoms with E-state index in [9.17, 15) is 18.0 Å². The van der Waals surface area contributed by atoms with Crippen LogP contribution in [0.15, 0.2) is 29.2 Å². The fraction of sp³-hybridized carbons (Fsp3) is 0.182. The number of nitrogens with one attached hydrogen (secondary N) is 1. The monoisotopic (exact) mass is 271 g/mol. The minimum atomic E-state index is -4.53. The van der Waals surface area contributed by atoms with Gasteiger partial charge in [0, 0.05) is 12.6 Å². The van der Waals surface area contributed by atoms with Gasteiger partial charge in [0.05, 0.1) is 6.07 Å². The van der Waals surface area contributed by atoms with Crippen LogP contribution < -0.4 is 5.56 Å². The van der Waals surface area contributed by atoms with E-state index in [1.165, 1.54) is 6.07 Å². The summed E-state index contributed by atoms with van der Waals surface area (Å²) in [5, 5.41) is 9.13. The second kappa shape index (κ2) is 4.71. The van der Waals surface area contributed by atoms with E-state index in [-0.39, 0.29) is 17.8 Å². The molecule has 0 atom stereocenters. The van der Waals surface area contributed by atoms with E-state index >= 15 is 0 Å². The molecular weight excluding hydrogens is 263 g/mol. The maximum absolute atomic E-state index is 12.5. The lowest BCUT2D eigenvalue weighted by molar-refractivity contribution is -0.141. The van der Waals surface area contributed by atoms with E-state index < -0.39 is 23.3 Å². The Balaban J connectivity index is 2.31. The molecule has 19 heavy (non-hydrogen) atoms. The van der Waals surface area contributed by atoms with Gasteiger partial charge >= 0.3 is 6.18 Å². The number of aromatic nitrogens is 3. The maximum Gasteiger partial charge on any atom is 0.433 e. The van der Waals surface area contributed by atoms with Crippen molar-refractivity contribution in [1.82, 2.24) is 15.0 Å². The normalized spacial score (nSPS) is 11.5. The molecule has 0 aliphatic carbocycles. The Bertz CT molecular complexity index is 652. The highest BCUT2D eigenvalue weighted by Gasteiger charge is 2.32. The van der Waals surface area contributed by atoms with Crippen molar-refractivity contribution in [3.8, 4) is 5.88 Å². The van der Waals surface area contributed by atoms with Gasteiger partial charge in [0.2, 0.25) is 5.88 Å². The summed E-state index contributed by atoms with van der Waals surface area (Å²) >= 11 is 0. The van der Waals surface area contributed by atoms with Gasteiger partial charge < -0.3 is 10.1 Å². The molecule has 0 aromatic carbocycles. The summed E-state index contributed by atoms with van der Waals surface area (Å²) < 4.78 is 37.4. The van der Waals surface area contributed by atoms with Crippen molar-refractivity contribution in [2.75, 3.05) is 0 Å². The Kier molecular flexibility index (Phi) is 3.24. The minimum Gasteiger partial charge on any atom is -0.493 e. The highest BCUT2D eigenvalue weighted by molar-refractivity contribution is 5.22. The van der Waals surface area contributed by atoms with Gasteiger partial charge in [-0.05, 0) is 17.7 Å². The molecule has 0 fully saturated rings. The third-order valence-corrected chi connectivity index (χ3v) is 2.26. The third kappa shape index (κ3) is 3.30. The van der Waals surface area contributed by atoms with Crippen molar-refractivity contribution in [3.63, 3.8) is 0 Å². The van der Waals surface area contributed by atoms with Crippen molar-refractivity contribution in [2.24, 2.45) is 0 Å². The van der Waals surface area contributed by atoms with Gasteiger partial charge in [0.1, 0.15) is 11.5 Å². The summed E-state index contributed by atoms with van der Waals surface area (Å²) in [5.74, 6) is -0.409. The molecule has 2 aromatic rings. The van der Waals surface area contributed by atoms with Crippen molar-refractivity contribution >= 4 is 0 Å². The van der Waals surface area contributed by atoms with Gasteiger partial charge in [-0.15, -0.1) is 0 Å². The van der Waals surface area contributed by atoms with Crippen molar-refractivity contribution in [2.45, 2.75) is 12.6 Å². The molecule has 0 radical (unpaired) electrons. The number of alkyl halides is 3. The first kappa shape index (κ1) is 13.1. The Morgan fingerprint density at radius 3 is 2.68 bits per heavy atom. The molecule has 0 aliphatic rings. The molecule has 0 bridgehead atoms. The quantitative estimate of drug-likeness (QED) is 0.867. The highest BCUT2D eigenvalue weighted by atomic mass is 19.4. The summed E-state index contributed by atoms with van der Waals surface area (Å²) in [4.78, 5) is 20.2. The lowest BCUT2D eigenvalue weighted by Crippen LogP contribution is -2.11. The van der Waals surface area contributed by atoms with Gasteiger partial charge in [0.25, 0.3) is 5.56 Å². The molecule has 0 saturated heterocycles. The van der Waals surface area contributed by atoms with E-state index in [1.54, 1.807) is 0 Å². The molecule has 0 saturated carbocycles. The molecule has 2 aromatic heterocycles. The standard InChI is InChI=1S/C11H8F3N3O2/c12-11(13,14)7-3-6(1-2-15-7)4-8-16-9(18)5-10(19)17-8/h1-3,5H,4H2,(H2,16,17,18,19). The minimum absolute atomic E-state index is 0.0464. The average Bonchev–Trinajstić information content (AvgIpc) is 2.26. The molecule has 0 spiro atoms. The van der Waals surface area contributed by atoms with Crippen LogP contribution in [0, 0.1) is 0 Å². The summed E-state index contributed by atoms with van der Waals surface area (Å²) in [6.45, 7) is 0. The van der Waals surface area contributed by atoms with Crippen molar-refractivity contribution in [3.05, 3.63) is 51.8 Å². The predicted octanol–water partition coefficient (Wildman–Crippen LogP) is 1.48. The number of halogens is 3. The molecule has 8 heteroatoms. The first-order chi connectivity index (χ1) is 8.84. The molecule has 0 unspecified atom stereocenters. The van der Waals surface area contributed by atoms with Crippen molar-refractivity contribution in [1.29, 1.82) is 0 Å². The van der Waals surface area contributed by atoms with Crippen molar-refractivity contribution < 1.29 is 18.3 Å². The van der Waals surface area contributed by atoms with E-state index in [1.807, 2.05) is 0 Å². The van der Waals surface area contributed by atoms with Crippen LogP contribution in [0.3, 0.4) is 0 Å². The van der Waals surface area contributed by atoms with E-state index in [4.69, 9.17) is 5.11 Å². The van der Waals surface area contributed by atoms with Crippen LogP contribution in [0.2, 0.25) is 0 Å². The summed E-state index contributed by atoms with van der Waals surface area (Å²) in [6, 6.07) is 3.11. The summed E-state index contributed by atoms with van der Waals surface area (Å²) in [7, 11) is 0. The van der Waals surface area contributed by atoms with Crippen LogP contribution in [-0.2, 0) is 12.6 Å². The molecule has 2 N–H and O–H groups in total. The van der Waals surface area contributed by atoms with Crippen LogP contribution >= 0.6 is 0 Å². The summed E-state index contributed by atoms with van der Waals surface area (Å²) in [6.07, 6.45) is -3.55. The molecular formula is C11H8F3N3O2. The molecule has 2 rings (SSSR count). The topological polar surface area (TPSA) is 78.9 Å². The largest absolute Gasteiger partial charge is 0.493 e. The number of hydrogen-bond acceptors (Lipinski definition) is 4. The van der Waals surface area contributed by atoms with Gasteiger partial charge in [-0.1, -0.05) is 0 Å². The first-order valence-corrected chi connectivity index (χ1v) is 5.16. The van der Waals surface area contributed by atoms with Gasteiger partial charge in [-0.3, -0.25) is 9.78 Å². The SMILES string of the molecule is O=c1cc(O)nc(Cc2ccnc(C(F)(F)F)c2)[nH]1. The molecule has 5 nitrogen and oxygen atoms in total. The predicted molar refractivity (Wildman–Crippen MR) is 58.6 cm³/mol. The van der Waals surface area contributed by atoms with E-state index in [0.717, 1.165) is 18.3 Å².